The first-order valence-electron chi connectivity index (χ1n) is 7.43. The lowest BCUT2D eigenvalue weighted by molar-refractivity contribution is 0.627. The molecule has 0 bridgehead atoms. The molecule has 0 atom stereocenters. The summed E-state index contributed by atoms with van der Waals surface area (Å²) in [6.07, 6.45) is 0. The predicted molar refractivity (Wildman–Crippen MR) is 90.8 cm³/mol. The molecule has 0 heterocycles. The molecule has 3 aromatic carbocycles. The van der Waals surface area contributed by atoms with Crippen molar-refractivity contribution in [2.75, 3.05) is 0 Å². The molecule has 0 aliphatic heterocycles. The van der Waals surface area contributed by atoms with Crippen molar-refractivity contribution < 1.29 is 8.78 Å². The van der Waals surface area contributed by atoms with Crippen LogP contribution in [0.5, 0.6) is 0 Å². The van der Waals surface area contributed by atoms with Gasteiger partial charge in [0.15, 0.2) is 0 Å². The average molecular weight is 306 g/mol. The highest BCUT2D eigenvalue weighted by Crippen LogP contribution is 2.32. The minimum Gasteiger partial charge on any atom is -0.207 e. The molecule has 114 valence electrons. The van der Waals surface area contributed by atoms with Crippen LogP contribution in [0.4, 0.5) is 8.78 Å². The fourth-order valence-electron chi connectivity index (χ4n) is 2.67. The maximum absolute atomic E-state index is 13.3. The SMILES string of the molecule is CC(=C(c1ccc(F)cc1)c1ccc(F)cc1)c1ccccc1. The van der Waals surface area contributed by atoms with Crippen LogP contribution < -0.4 is 0 Å². The largest absolute Gasteiger partial charge is 0.207 e. The van der Waals surface area contributed by atoms with Gasteiger partial charge in [-0.3, -0.25) is 0 Å². The van der Waals surface area contributed by atoms with Gasteiger partial charge in [0.05, 0.1) is 0 Å². The summed E-state index contributed by atoms with van der Waals surface area (Å²) in [6, 6.07) is 22.7. The van der Waals surface area contributed by atoms with Gasteiger partial charge in [-0.25, -0.2) is 8.78 Å². The smallest absolute Gasteiger partial charge is 0.123 e. The molecule has 0 spiro atoms. The van der Waals surface area contributed by atoms with E-state index in [1.807, 2.05) is 37.3 Å². The number of benzene rings is 3. The van der Waals surface area contributed by atoms with Crippen molar-refractivity contribution in [2.45, 2.75) is 6.92 Å². The molecule has 0 radical (unpaired) electrons. The van der Waals surface area contributed by atoms with E-state index >= 15 is 0 Å². The van der Waals surface area contributed by atoms with Crippen molar-refractivity contribution >= 4 is 11.1 Å². The Hall–Kier alpha value is -2.74. The monoisotopic (exact) mass is 306 g/mol. The predicted octanol–water partition coefficient (Wildman–Crippen LogP) is 5.94. The second kappa shape index (κ2) is 6.57. The quantitative estimate of drug-likeness (QED) is 0.525. The van der Waals surface area contributed by atoms with Gasteiger partial charge in [0.1, 0.15) is 11.6 Å². The van der Waals surface area contributed by atoms with Crippen molar-refractivity contribution in [3.63, 3.8) is 0 Å². The molecule has 0 amide bonds. The van der Waals surface area contributed by atoms with Gasteiger partial charge < -0.3 is 0 Å². The summed E-state index contributed by atoms with van der Waals surface area (Å²) in [5, 5.41) is 0. The lowest BCUT2D eigenvalue weighted by Gasteiger charge is -2.14. The second-order valence-electron chi connectivity index (χ2n) is 5.38. The minimum absolute atomic E-state index is 0.274. The molecule has 3 rings (SSSR count). The van der Waals surface area contributed by atoms with Gasteiger partial charge in [0.2, 0.25) is 0 Å². The highest BCUT2D eigenvalue weighted by Gasteiger charge is 2.11. The third-order valence-corrected chi connectivity index (χ3v) is 3.85. The number of rotatable bonds is 3. The Labute approximate surface area is 134 Å². The van der Waals surface area contributed by atoms with E-state index in [1.54, 1.807) is 24.3 Å². The molecular weight excluding hydrogens is 290 g/mol. The van der Waals surface area contributed by atoms with Crippen LogP contribution in [0, 0.1) is 11.6 Å². The van der Waals surface area contributed by atoms with Crippen molar-refractivity contribution in [3.05, 3.63) is 107 Å². The molecule has 0 nitrogen and oxygen atoms in total. The third kappa shape index (κ3) is 3.37. The number of hydrogen-bond donors (Lipinski definition) is 0. The van der Waals surface area contributed by atoms with E-state index in [9.17, 15) is 8.78 Å². The van der Waals surface area contributed by atoms with E-state index in [-0.39, 0.29) is 11.6 Å². The van der Waals surface area contributed by atoms with Gasteiger partial charge in [0.25, 0.3) is 0 Å². The van der Waals surface area contributed by atoms with Crippen LogP contribution in [0.25, 0.3) is 11.1 Å². The molecule has 0 aliphatic carbocycles. The summed E-state index contributed by atoms with van der Waals surface area (Å²) >= 11 is 0. The first kappa shape index (κ1) is 15.2. The Morgan fingerprint density at radius 3 is 1.43 bits per heavy atom. The number of hydrogen-bond acceptors (Lipinski definition) is 0. The zero-order chi connectivity index (χ0) is 16.2. The van der Waals surface area contributed by atoms with E-state index in [2.05, 4.69) is 0 Å². The maximum atomic E-state index is 13.3. The van der Waals surface area contributed by atoms with Crippen LogP contribution in [-0.4, -0.2) is 0 Å². The summed E-state index contributed by atoms with van der Waals surface area (Å²) < 4.78 is 26.5. The number of allylic oxidation sites excluding steroid dienone is 1. The van der Waals surface area contributed by atoms with E-state index in [0.29, 0.717) is 0 Å². The maximum Gasteiger partial charge on any atom is 0.123 e. The van der Waals surface area contributed by atoms with Gasteiger partial charge in [-0.1, -0.05) is 54.6 Å². The topological polar surface area (TPSA) is 0 Å². The zero-order valence-corrected chi connectivity index (χ0v) is 12.8. The van der Waals surface area contributed by atoms with Crippen LogP contribution in [0.2, 0.25) is 0 Å². The van der Waals surface area contributed by atoms with E-state index < -0.39 is 0 Å². The van der Waals surface area contributed by atoms with Crippen molar-refractivity contribution in [3.8, 4) is 0 Å². The molecule has 0 fully saturated rings. The normalized spacial score (nSPS) is 10.4. The lowest BCUT2D eigenvalue weighted by atomic mass is 9.90. The summed E-state index contributed by atoms with van der Waals surface area (Å²) in [7, 11) is 0. The average Bonchev–Trinajstić information content (AvgIpc) is 2.59. The molecule has 0 aliphatic rings. The van der Waals surface area contributed by atoms with Gasteiger partial charge in [-0.2, -0.15) is 0 Å². The molecule has 2 heteroatoms. The highest BCUT2D eigenvalue weighted by molar-refractivity contribution is 5.97. The lowest BCUT2D eigenvalue weighted by Crippen LogP contribution is -1.93. The van der Waals surface area contributed by atoms with E-state index in [1.165, 1.54) is 24.3 Å². The standard InChI is InChI=1S/C21H16F2/c1-15(16-5-3-2-4-6-16)21(17-7-11-19(22)12-8-17)18-9-13-20(23)14-10-18/h2-14H,1H3. The Kier molecular flexibility index (Phi) is 4.33. The molecule has 0 saturated heterocycles. The molecule has 0 N–H and O–H groups in total. The molecule has 23 heavy (non-hydrogen) atoms. The summed E-state index contributed by atoms with van der Waals surface area (Å²) in [4.78, 5) is 0. The van der Waals surface area contributed by atoms with Crippen LogP contribution in [0.1, 0.15) is 23.6 Å². The van der Waals surface area contributed by atoms with E-state index in [4.69, 9.17) is 0 Å². The molecule has 0 saturated carbocycles. The Bertz CT molecular complexity index is 766. The van der Waals surface area contributed by atoms with E-state index in [0.717, 1.165) is 27.8 Å². The Morgan fingerprint density at radius 1 is 0.565 bits per heavy atom. The molecular formula is C21H16F2. The van der Waals surface area contributed by atoms with Gasteiger partial charge in [0, 0.05) is 0 Å². The Morgan fingerprint density at radius 2 is 1.00 bits per heavy atom. The fourth-order valence-corrected chi connectivity index (χ4v) is 2.67. The van der Waals surface area contributed by atoms with Crippen molar-refractivity contribution in [1.82, 2.24) is 0 Å². The summed E-state index contributed by atoms with van der Waals surface area (Å²) in [6.45, 7) is 2.03. The van der Waals surface area contributed by atoms with Crippen LogP contribution >= 0.6 is 0 Å². The van der Waals surface area contributed by atoms with Crippen molar-refractivity contribution in [2.24, 2.45) is 0 Å². The first-order valence-corrected chi connectivity index (χ1v) is 7.43. The summed E-state index contributed by atoms with van der Waals surface area (Å²) in [5.41, 5.74) is 4.91. The zero-order valence-electron chi connectivity index (χ0n) is 12.8. The fraction of sp³-hybridized carbons (Fsp3) is 0.0476. The Balaban J connectivity index is 2.21. The summed E-state index contributed by atoms with van der Waals surface area (Å²) in [5.74, 6) is -0.547. The van der Waals surface area contributed by atoms with Gasteiger partial charge in [-0.05, 0) is 59.0 Å². The molecule has 3 aromatic rings. The first-order chi connectivity index (χ1) is 11.1. The molecule has 0 unspecified atom stereocenters. The second-order valence-corrected chi connectivity index (χ2v) is 5.38. The third-order valence-electron chi connectivity index (χ3n) is 3.85. The minimum atomic E-state index is -0.274. The van der Waals surface area contributed by atoms with Gasteiger partial charge in [-0.15, -0.1) is 0 Å². The van der Waals surface area contributed by atoms with Gasteiger partial charge >= 0.3 is 0 Å². The van der Waals surface area contributed by atoms with Crippen LogP contribution in [0.15, 0.2) is 78.9 Å². The van der Waals surface area contributed by atoms with Crippen LogP contribution in [-0.2, 0) is 0 Å². The number of halogens is 2. The molecule has 0 aromatic heterocycles. The van der Waals surface area contributed by atoms with Crippen molar-refractivity contribution in [1.29, 1.82) is 0 Å². The van der Waals surface area contributed by atoms with Crippen LogP contribution in [0.3, 0.4) is 0 Å². The highest BCUT2D eigenvalue weighted by atomic mass is 19.1.